The number of aliphatic hydroxyl groups is 1. The molecule has 55 heavy (non-hydrogen) atoms. The number of hydrogen-bond donors (Lipinski definition) is 2. The Bertz CT molecular complexity index is 2240. The van der Waals surface area contributed by atoms with E-state index in [-0.39, 0.29) is 30.7 Å². The third-order valence-electron chi connectivity index (χ3n) is 9.74. The van der Waals surface area contributed by atoms with Crippen LogP contribution in [0.3, 0.4) is 0 Å². The highest BCUT2D eigenvalue weighted by Gasteiger charge is 2.41. The molecule has 16 heteroatoms. The van der Waals surface area contributed by atoms with Crippen LogP contribution in [-0.2, 0) is 16.0 Å². The lowest BCUT2D eigenvalue weighted by Gasteiger charge is -2.34. The van der Waals surface area contributed by atoms with Crippen LogP contribution in [0, 0.1) is 17.1 Å². The molecule has 4 aromatic heterocycles. The number of likely N-dealkylation sites (tertiary alicyclic amines) is 1. The maximum Gasteiger partial charge on any atom is 0.411 e. The average Bonchev–Trinajstić information content (AvgIpc) is 3.89. The highest BCUT2D eigenvalue weighted by molar-refractivity contribution is 7.16. The molecule has 0 spiro atoms. The standard InChI is InChI=1S/C39H43FN10O4S/c1-6-29-35(47(5)37-46-33(31(18-41)55-37)23-7-10-26(40)11-8-23)50-21-24(9-12-32(50)45-29)25-19-42-36(43-20-25)48-15-13-27(14-16-48)44-34(52)30-17-28(51)22-49(30)38(53)54-39(2,3)4/h7-12,19-21,27-28,30,51H,6,13-17,22H2,1-5H3,(H,44,52)/t28-,30+/m0/s1. The summed E-state index contributed by atoms with van der Waals surface area (Å²) in [5, 5.41) is 23.8. The molecule has 2 aliphatic rings. The monoisotopic (exact) mass is 766 g/mol. The normalized spacial score (nSPS) is 17.7. The SMILES string of the molecule is CCc1nc2ccc(-c3cnc(N4CCC(NC(=O)[C@H]5C[C@H](O)CN5C(=O)OC(C)(C)C)CC4)nc3)cn2c1N(C)c1nc(-c2ccc(F)cc2)c(C#N)s1. The van der Waals surface area contributed by atoms with Crippen LogP contribution in [-0.4, -0.2) is 96.8 Å². The van der Waals surface area contributed by atoms with E-state index in [1.165, 1.54) is 28.4 Å². The Labute approximate surface area is 322 Å². The zero-order valence-electron chi connectivity index (χ0n) is 31.4. The molecule has 2 N–H and O–H groups in total. The first kappa shape index (κ1) is 37.6. The summed E-state index contributed by atoms with van der Waals surface area (Å²) in [6.45, 7) is 8.67. The van der Waals surface area contributed by atoms with Gasteiger partial charge in [-0.2, -0.15) is 5.26 Å². The lowest BCUT2D eigenvalue weighted by molar-refractivity contribution is -0.126. The van der Waals surface area contributed by atoms with Crippen LogP contribution in [0.15, 0.2) is 55.0 Å². The second kappa shape index (κ2) is 15.2. The Morgan fingerprint density at radius 1 is 1.07 bits per heavy atom. The number of thiazole rings is 1. The predicted octanol–water partition coefficient (Wildman–Crippen LogP) is 5.71. The summed E-state index contributed by atoms with van der Waals surface area (Å²) in [4.78, 5) is 50.8. The molecular weight excluding hydrogens is 724 g/mol. The van der Waals surface area contributed by atoms with Crippen LogP contribution >= 0.6 is 11.3 Å². The number of rotatable bonds is 8. The van der Waals surface area contributed by atoms with E-state index in [2.05, 4.69) is 16.3 Å². The van der Waals surface area contributed by atoms with Gasteiger partial charge in [0.05, 0.1) is 18.3 Å². The van der Waals surface area contributed by atoms with Crippen molar-refractivity contribution in [2.24, 2.45) is 0 Å². The lowest BCUT2D eigenvalue weighted by Crippen LogP contribution is -2.52. The number of β-amino-alcohol motifs (C(OH)–C–C–N with tert-alkyl or cyclic N) is 1. The number of fused-ring (bicyclic) bond motifs is 1. The number of nitriles is 1. The van der Waals surface area contributed by atoms with Crippen LogP contribution in [0.25, 0.3) is 28.0 Å². The number of imidazole rings is 1. The van der Waals surface area contributed by atoms with Crippen molar-refractivity contribution in [2.75, 3.05) is 36.5 Å². The second-order valence-electron chi connectivity index (χ2n) is 14.8. The minimum Gasteiger partial charge on any atom is -0.444 e. The molecule has 2 amide bonds. The number of benzene rings is 1. The first-order valence-electron chi connectivity index (χ1n) is 18.3. The summed E-state index contributed by atoms with van der Waals surface area (Å²) < 4.78 is 21.1. The maximum absolute atomic E-state index is 13.6. The molecule has 0 aliphatic carbocycles. The molecule has 0 radical (unpaired) electrons. The van der Waals surface area contributed by atoms with Crippen molar-refractivity contribution < 1.29 is 23.8 Å². The van der Waals surface area contributed by atoms with Gasteiger partial charge in [0.1, 0.15) is 45.6 Å². The molecule has 2 saturated heterocycles. The zero-order chi connectivity index (χ0) is 39.0. The van der Waals surface area contributed by atoms with Crippen molar-refractivity contribution in [3.05, 3.63) is 71.4 Å². The van der Waals surface area contributed by atoms with Crippen LogP contribution in [0.4, 0.5) is 26.1 Å². The predicted molar refractivity (Wildman–Crippen MR) is 207 cm³/mol. The van der Waals surface area contributed by atoms with E-state index in [1.807, 2.05) is 41.6 Å². The van der Waals surface area contributed by atoms with Gasteiger partial charge in [-0.25, -0.2) is 29.1 Å². The smallest absolute Gasteiger partial charge is 0.411 e. The number of anilines is 3. The van der Waals surface area contributed by atoms with E-state index in [4.69, 9.17) is 24.7 Å². The third kappa shape index (κ3) is 7.94. The van der Waals surface area contributed by atoms with Crippen molar-refractivity contribution in [3.63, 3.8) is 0 Å². The summed E-state index contributed by atoms with van der Waals surface area (Å²) in [6, 6.07) is 11.3. The van der Waals surface area contributed by atoms with E-state index in [1.54, 1.807) is 45.3 Å². The molecule has 0 bridgehead atoms. The largest absolute Gasteiger partial charge is 0.444 e. The van der Waals surface area contributed by atoms with E-state index >= 15 is 0 Å². The van der Waals surface area contributed by atoms with Crippen molar-refractivity contribution in [3.8, 4) is 28.5 Å². The number of aliphatic hydroxyl groups excluding tert-OH is 1. The molecule has 2 fully saturated rings. The molecule has 0 unspecified atom stereocenters. The first-order chi connectivity index (χ1) is 26.3. The fraction of sp³-hybridized carbons (Fsp3) is 0.410. The van der Waals surface area contributed by atoms with Gasteiger partial charge in [-0.3, -0.25) is 14.1 Å². The molecule has 0 saturated carbocycles. The Morgan fingerprint density at radius 2 is 1.76 bits per heavy atom. The highest BCUT2D eigenvalue weighted by Crippen LogP contribution is 2.37. The number of amides is 2. The number of carbonyl (C=O) groups is 2. The van der Waals surface area contributed by atoms with Gasteiger partial charge in [0, 0.05) is 67.9 Å². The number of nitrogens with zero attached hydrogens (tertiary/aromatic N) is 9. The van der Waals surface area contributed by atoms with Crippen LogP contribution < -0.4 is 15.1 Å². The van der Waals surface area contributed by atoms with Crippen LogP contribution in [0.5, 0.6) is 0 Å². The highest BCUT2D eigenvalue weighted by atomic mass is 32.1. The minimum atomic E-state index is -0.783. The lowest BCUT2D eigenvalue weighted by atomic mass is 10.0. The maximum atomic E-state index is 13.6. The summed E-state index contributed by atoms with van der Waals surface area (Å²) >= 11 is 1.27. The van der Waals surface area contributed by atoms with E-state index in [0.29, 0.717) is 59.6 Å². The molecule has 5 aromatic rings. The van der Waals surface area contributed by atoms with Crippen molar-refractivity contribution in [1.29, 1.82) is 5.26 Å². The molecule has 7 rings (SSSR count). The molecule has 2 aliphatic heterocycles. The van der Waals surface area contributed by atoms with E-state index in [9.17, 15) is 24.3 Å². The number of nitrogens with one attached hydrogen (secondary N) is 1. The van der Waals surface area contributed by atoms with Gasteiger partial charge >= 0.3 is 6.09 Å². The van der Waals surface area contributed by atoms with E-state index in [0.717, 1.165) is 28.3 Å². The molecule has 6 heterocycles. The topological polar surface area (TPSA) is 165 Å². The molecular formula is C39H43FN10O4S. The quantitative estimate of drug-likeness (QED) is 0.199. The minimum absolute atomic E-state index is 0.0600. The van der Waals surface area contributed by atoms with Crippen molar-refractivity contribution in [2.45, 2.75) is 77.2 Å². The summed E-state index contributed by atoms with van der Waals surface area (Å²) in [5.41, 5.74) is 3.79. The summed E-state index contributed by atoms with van der Waals surface area (Å²) in [5.74, 6) is 0.766. The summed E-state index contributed by atoms with van der Waals surface area (Å²) in [7, 11) is 1.90. The van der Waals surface area contributed by atoms with Gasteiger partial charge in [-0.05, 0) is 76.4 Å². The molecule has 14 nitrogen and oxygen atoms in total. The molecule has 1 aromatic carbocycles. The average molecular weight is 767 g/mol. The number of pyridine rings is 1. The van der Waals surface area contributed by atoms with Gasteiger partial charge in [-0.15, -0.1) is 0 Å². The van der Waals surface area contributed by atoms with Gasteiger partial charge in [-0.1, -0.05) is 18.3 Å². The molecule has 2 atom stereocenters. The Balaban J connectivity index is 1.03. The van der Waals surface area contributed by atoms with Gasteiger partial charge < -0.3 is 25.0 Å². The van der Waals surface area contributed by atoms with Crippen molar-refractivity contribution >= 4 is 45.9 Å². The third-order valence-corrected chi connectivity index (χ3v) is 10.8. The Kier molecular flexibility index (Phi) is 10.4. The fourth-order valence-corrected chi connectivity index (χ4v) is 7.85. The van der Waals surface area contributed by atoms with Crippen LogP contribution in [0.1, 0.15) is 57.5 Å². The van der Waals surface area contributed by atoms with Gasteiger partial charge in [0.15, 0.2) is 5.13 Å². The van der Waals surface area contributed by atoms with Gasteiger partial charge in [0.25, 0.3) is 0 Å². The number of aryl methyl sites for hydroxylation is 1. The number of halogens is 1. The number of aromatic nitrogens is 5. The number of piperidine rings is 1. The number of hydrogen-bond acceptors (Lipinski definition) is 12. The van der Waals surface area contributed by atoms with Crippen LogP contribution in [0.2, 0.25) is 0 Å². The number of carbonyl (C=O) groups excluding carboxylic acids is 2. The summed E-state index contributed by atoms with van der Waals surface area (Å²) in [6.07, 6.45) is 6.39. The van der Waals surface area contributed by atoms with Gasteiger partial charge in [0.2, 0.25) is 11.9 Å². The fourth-order valence-electron chi connectivity index (χ4n) is 7.01. The Hall–Kier alpha value is -5.66. The Morgan fingerprint density at radius 3 is 2.42 bits per heavy atom. The van der Waals surface area contributed by atoms with E-state index < -0.39 is 23.8 Å². The van der Waals surface area contributed by atoms with Crippen molar-refractivity contribution in [1.82, 2.24) is 34.6 Å². The number of ether oxygens (including phenoxy) is 1. The molecule has 286 valence electrons. The zero-order valence-corrected chi connectivity index (χ0v) is 32.2. The first-order valence-corrected chi connectivity index (χ1v) is 19.1. The second-order valence-corrected chi connectivity index (χ2v) is 15.8.